The maximum Gasteiger partial charge on any atom is 0.241 e. The Balaban J connectivity index is 1.75. The van der Waals surface area contributed by atoms with Gasteiger partial charge in [-0.2, -0.15) is 0 Å². The highest BCUT2D eigenvalue weighted by Crippen LogP contribution is 2.34. The average molecular weight is 308 g/mol. The molecule has 2 atom stereocenters. The van der Waals surface area contributed by atoms with Gasteiger partial charge in [-0.3, -0.25) is 0 Å². The molecular formula is C16H24N2O2S. The first-order chi connectivity index (χ1) is 10.0. The van der Waals surface area contributed by atoms with E-state index in [4.69, 9.17) is 0 Å². The zero-order chi connectivity index (χ0) is 15.0. The van der Waals surface area contributed by atoms with Gasteiger partial charge < -0.3 is 5.32 Å². The van der Waals surface area contributed by atoms with E-state index in [1.807, 2.05) is 19.1 Å². The number of rotatable bonds is 7. The molecule has 0 bridgehead atoms. The van der Waals surface area contributed by atoms with Crippen LogP contribution in [0.25, 0.3) is 0 Å². The number of nitrogens with one attached hydrogen (secondary N) is 2. The molecule has 2 fully saturated rings. The molecule has 0 aromatic heterocycles. The lowest BCUT2D eigenvalue weighted by Gasteiger charge is -2.13. The van der Waals surface area contributed by atoms with E-state index in [0.29, 0.717) is 16.9 Å². The van der Waals surface area contributed by atoms with Gasteiger partial charge in [0.15, 0.2) is 0 Å². The Hall–Kier alpha value is -0.910. The minimum absolute atomic E-state index is 0.132. The van der Waals surface area contributed by atoms with E-state index < -0.39 is 10.0 Å². The Morgan fingerprint density at radius 3 is 2.67 bits per heavy atom. The van der Waals surface area contributed by atoms with Crippen LogP contribution in [0.2, 0.25) is 0 Å². The Morgan fingerprint density at radius 1 is 1.29 bits per heavy atom. The first-order valence-electron chi connectivity index (χ1n) is 7.85. The third kappa shape index (κ3) is 3.47. The van der Waals surface area contributed by atoms with Crippen LogP contribution >= 0.6 is 0 Å². The lowest BCUT2D eigenvalue weighted by molar-refractivity contribution is 0.575. The minimum Gasteiger partial charge on any atom is -0.310 e. The second kappa shape index (κ2) is 5.71. The normalized spacial score (nSPS) is 25.0. The molecule has 21 heavy (non-hydrogen) atoms. The monoisotopic (exact) mass is 308 g/mol. The van der Waals surface area contributed by atoms with Gasteiger partial charge in [0.1, 0.15) is 0 Å². The van der Waals surface area contributed by atoms with E-state index in [2.05, 4.69) is 17.0 Å². The molecule has 0 heterocycles. The number of hydrogen-bond donors (Lipinski definition) is 2. The van der Waals surface area contributed by atoms with Crippen LogP contribution in [0.1, 0.15) is 43.7 Å². The van der Waals surface area contributed by atoms with Gasteiger partial charge in [-0.05, 0) is 49.3 Å². The second-order valence-corrected chi connectivity index (χ2v) is 8.01. The molecule has 0 radical (unpaired) electrons. The van der Waals surface area contributed by atoms with E-state index >= 15 is 0 Å². The summed E-state index contributed by atoms with van der Waals surface area (Å²) in [6, 6.07) is 6.32. The summed E-state index contributed by atoms with van der Waals surface area (Å²) >= 11 is 0. The van der Waals surface area contributed by atoms with Crippen LogP contribution < -0.4 is 10.0 Å². The molecule has 0 amide bonds. The standard InChI is InChI=1S/C16H24N2O2S/c1-3-12-9-15(12)18-21(19,20)16-6-4-5-13(11(16)2)10-17-14-7-8-14/h4-6,12,14-15,17-18H,3,7-10H2,1-2H3. The summed E-state index contributed by atoms with van der Waals surface area (Å²) < 4.78 is 27.9. The minimum atomic E-state index is -3.39. The van der Waals surface area contributed by atoms with Crippen molar-refractivity contribution in [3.05, 3.63) is 29.3 Å². The van der Waals surface area contributed by atoms with Crippen molar-refractivity contribution in [1.29, 1.82) is 0 Å². The Morgan fingerprint density at radius 2 is 2.05 bits per heavy atom. The summed E-state index contributed by atoms with van der Waals surface area (Å²) in [7, 11) is -3.39. The summed E-state index contributed by atoms with van der Waals surface area (Å²) in [5.74, 6) is 0.514. The lowest BCUT2D eigenvalue weighted by atomic mass is 10.1. The number of sulfonamides is 1. The molecule has 1 aromatic rings. The van der Waals surface area contributed by atoms with E-state index in [0.717, 1.165) is 30.5 Å². The van der Waals surface area contributed by atoms with Gasteiger partial charge in [0.05, 0.1) is 4.90 Å². The maximum atomic E-state index is 12.5. The molecule has 2 N–H and O–H groups in total. The van der Waals surface area contributed by atoms with Gasteiger partial charge in [-0.25, -0.2) is 13.1 Å². The number of benzene rings is 1. The van der Waals surface area contributed by atoms with Crippen molar-refractivity contribution >= 4 is 10.0 Å². The summed E-state index contributed by atoms with van der Waals surface area (Å²) in [5, 5.41) is 3.45. The van der Waals surface area contributed by atoms with Crippen molar-refractivity contribution in [2.75, 3.05) is 0 Å². The molecule has 2 aliphatic carbocycles. The van der Waals surface area contributed by atoms with Crippen molar-refractivity contribution in [2.24, 2.45) is 5.92 Å². The summed E-state index contributed by atoms with van der Waals surface area (Å²) in [6.07, 6.45) is 4.48. The smallest absolute Gasteiger partial charge is 0.241 e. The maximum absolute atomic E-state index is 12.5. The molecule has 2 saturated carbocycles. The van der Waals surface area contributed by atoms with Crippen molar-refractivity contribution in [1.82, 2.24) is 10.0 Å². The van der Waals surface area contributed by atoms with Crippen LogP contribution in [-0.2, 0) is 16.6 Å². The summed E-state index contributed by atoms with van der Waals surface area (Å²) in [6.45, 7) is 4.76. The first-order valence-corrected chi connectivity index (χ1v) is 9.33. The van der Waals surface area contributed by atoms with Crippen LogP contribution in [0.3, 0.4) is 0 Å². The van der Waals surface area contributed by atoms with Crippen LogP contribution in [0.15, 0.2) is 23.1 Å². The molecule has 2 aliphatic rings. The average Bonchev–Trinajstić information content (AvgIpc) is 3.32. The van der Waals surface area contributed by atoms with Crippen molar-refractivity contribution in [3.8, 4) is 0 Å². The molecule has 4 nitrogen and oxygen atoms in total. The third-order valence-electron chi connectivity index (χ3n) is 4.60. The van der Waals surface area contributed by atoms with Crippen LogP contribution in [0, 0.1) is 12.8 Å². The molecule has 3 rings (SSSR count). The van der Waals surface area contributed by atoms with Crippen LogP contribution in [-0.4, -0.2) is 20.5 Å². The van der Waals surface area contributed by atoms with Crippen molar-refractivity contribution < 1.29 is 8.42 Å². The molecule has 2 unspecified atom stereocenters. The molecule has 0 aliphatic heterocycles. The highest BCUT2D eigenvalue weighted by molar-refractivity contribution is 7.89. The summed E-state index contributed by atoms with van der Waals surface area (Å²) in [5.41, 5.74) is 1.94. The first kappa shape index (κ1) is 15.0. The highest BCUT2D eigenvalue weighted by Gasteiger charge is 2.39. The highest BCUT2D eigenvalue weighted by atomic mass is 32.2. The second-order valence-electron chi connectivity index (χ2n) is 6.33. The fourth-order valence-electron chi connectivity index (χ4n) is 2.79. The van der Waals surface area contributed by atoms with Gasteiger partial charge in [0.25, 0.3) is 0 Å². The van der Waals surface area contributed by atoms with Crippen molar-refractivity contribution in [3.63, 3.8) is 0 Å². The zero-order valence-corrected chi connectivity index (χ0v) is 13.5. The van der Waals surface area contributed by atoms with Gasteiger partial charge in [-0.15, -0.1) is 0 Å². The molecule has 0 spiro atoms. The Kier molecular flexibility index (Phi) is 4.08. The fourth-order valence-corrected chi connectivity index (χ4v) is 4.40. The lowest BCUT2D eigenvalue weighted by Crippen LogP contribution is -2.28. The molecular weight excluding hydrogens is 284 g/mol. The van der Waals surface area contributed by atoms with Crippen LogP contribution in [0.5, 0.6) is 0 Å². The largest absolute Gasteiger partial charge is 0.310 e. The van der Waals surface area contributed by atoms with E-state index in [1.54, 1.807) is 6.07 Å². The fraction of sp³-hybridized carbons (Fsp3) is 0.625. The van der Waals surface area contributed by atoms with Gasteiger partial charge in [0, 0.05) is 18.6 Å². The SMILES string of the molecule is CCC1CC1NS(=O)(=O)c1cccc(CNC2CC2)c1C. The van der Waals surface area contributed by atoms with Gasteiger partial charge in [0.2, 0.25) is 10.0 Å². The molecule has 5 heteroatoms. The quantitative estimate of drug-likeness (QED) is 0.813. The predicted octanol–water partition coefficient (Wildman–Crippen LogP) is 2.32. The zero-order valence-electron chi connectivity index (χ0n) is 12.7. The van der Waals surface area contributed by atoms with Gasteiger partial charge in [-0.1, -0.05) is 25.5 Å². The Bertz CT molecular complexity index is 623. The molecule has 116 valence electrons. The van der Waals surface area contributed by atoms with Gasteiger partial charge >= 0.3 is 0 Å². The topological polar surface area (TPSA) is 58.2 Å². The van der Waals surface area contributed by atoms with E-state index in [9.17, 15) is 8.42 Å². The van der Waals surface area contributed by atoms with E-state index in [1.165, 1.54) is 12.8 Å². The molecule has 1 aromatic carbocycles. The summed E-state index contributed by atoms with van der Waals surface area (Å²) in [4.78, 5) is 0.430. The van der Waals surface area contributed by atoms with E-state index in [-0.39, 0.29) is 6.04 Å². The Labute approximate surface area is 127 Å². The molecule has 0 saturated heterocycles. The third-order valence-corrected chi connectivity index (χ3v) is 6.23. The van der Waals surface area contributed by atoms with Crippen molar-refractivity contribution in [2.45, 2.75) is 63.1 Å². The van der Waals surface area contributed by atoms with Crippen LogP contribution in [0.4, 0.5) is 0 Å². The predicted molar refractivity (Wildman–Crippen MR) is 83.5 cm³/mol. The number of hydrogen-bond acceptors (Lipinski definition) is 3.